The van der Waals surface area contributed by atoms with Crippen molar-refractivity contribution in [3.63, 3.8) is 0 Å². The molecule has 0 radical (unpaired) electrons. The molecule has 25 heavy (non-hydrogen) atoms. The molecule has 0 spiro atoms. The number of aromatic nitrogens is 1. The Kier molecular flexibility index (Phi) is 7.52. The van der Waals surface area contributed by atoms with Gasteiger partial charge in [-0.05, 0) is 30.4 Å². The molecule has 1 unspecified atom stereocenters. The third-order valence-corrected chi connectivity index (χ3v) is 4.71. The zero-order chi connectivity index (χ0) is 16.8. The predicted octanol–water partition coefficient (Wildman–Crippen LogP) is 2.24. The van der Waals surface area contributed by atoms with Crippen molar-refractivity contribution in [1.82, 2.24) is 15.6 Å². The number of aromatic amines is 1. The molecular weight excluding hydrogens is 431 g/mol. The zero-order valence-corrected chi connectivity index (χ0v) is 16.9. The summed E-state index contributed by atoms with van der Waals surface area (Å²) in [5.74, 6) is 0.762. The first-order valence-electron chi connectivity index (χ1n) is 8.44. The van der Waals surface area contributed by atoms with Crippen LogP contribution in [-0.4, -0.2) is 49.5 Å². The van der Waals surface area contributed by atoms with Crippen LogP contribution in [0.4, 0.5) is 0 Å². The molecule has 1 aliphatic heterocycles. The lowest BCUT2D eigenvalue weighted by molar-refractivity contribution is 0.127. The molecule has 6 nitrogen and oxygen atoms in total. The number of nitrogens with one attached hydrogen (secondary N) is 3. The third kappa shape index (κ3) is 5.08. The summed E-state index contributed by atoms with van der Waals surface area (Å²) in [5.41, 5.74) is 2.27. The molecule has 1 saturated heterocycles. The Hall–Kier alpha value is -1.32. The molecule has 1 aromatic heterocycles. The molecule has 0 saturated carbocycles. The number of hydrogen-bond acceptors (Lipinski definition) is 3. The number of hydrogen-bond donors (Lipinski definition) is 4. The highest BCUT2D eigenvalue weighted by atomic mass is 127. The van der Waals surface area contributed by atoms with E-state index in [9.17, 15) is 5.11 Å². The minimum absolute atomic E-state index is 0. The van der Waals surface area contributed by atoms with Crippen LogP contribution in [0.1, 0.15) is 18.5 Å². The van der Waals surface area contributed by atoms with Crippen LogP contribution in [0.5, 0.6) is 0 Å². The van der Waals surface area contributed by atoms with Gasteiger partial charge in [0.25, 0.3) is 0 Å². The van der Waals surface area contributed by atoms with Crippen molar-refractivity contribution >= 4 is 40.8 Å². The Bertz CT molecular complexity index is 662. The van der Waals surface area contributed by atoms with E-state index < -0.39 is 0 Å². The van der Waals surface area contributed by atoms with Gasteiger partial charge in [0.05, 0.1) is 13.2 Å². The van der Waals surface area contributed by atoms with Crippen LogP contribution in [0.2, 0.25) is 0 Å². The zero-order valence-electron chi connectivity index (χ0n) is 14.5. The van der Waals surface area contributed by atoms with E-state index in [0.717, 1.165) is 43.2 Å². The maximum Gasteiger partial charge on any atom is 0.191 e. The molecule has 138 valence electrons. The van der Waals surface area contributed by atoms with Crippen LogP contribution in [0.15, 0.2) is 35.3 Å². The van der Waals surface area contributed by atoms with E-state index in [2.05, 4.69) is 38.8 Å². The Labute approximate surface area is 165 Å². The third-order valence-electron chi connectivity index (χ3n) is 4.71. The topological polar surface area (TPSA) is 81.7 Å². The van der Waals surface area contributed by atoms with Crippen molar-refractivity contribution in [3.8, 4) is 0 Å². The van der Waals surface area contributed by atoms with Gasteiger partial charge in [0.1, 0.15) is 0 Å². The van der Waals surface area contributed by atoms with Crippen LogP contribution < -0.4 is 10.6 Å². The number of fused-ring (bicyclic) bond motifs is 1. The summed E-state index contributed by atoms with van der Waals surface area (Å²) in [6.07, 6.45) is 1.72. The van der Waals surface area contributed by atoms with Crippen molar-refractivity contribution < 1.29 is 9.84 Å². The van der Waals surface area contributed by atoms with Crippen molar-refractivity contribution in [3.05, 3.63) is 36.0 Å². The molecule has 3 rings (SSSR count). The Morgan fingerprint density at radius 1 is 1.36 bits per heavy atom. The number of H-pyrrole nitrogens is 1. The van der Waals surface area contributed by atoms with E-state index in [0.29, 0.717) is 13.2 Å². The number of aliphatic hydroxyl groups is 1. The molecule has 2 aromatic rings. The van der Waals surface area contributed by atoms with Gasteiger partial charge in [-0.2, -0.15) is 0 Å². The van der Waals surface area contributed by atoms with E-state index in [-0.39, 0.29) is 36.0 Å². The molecular formula is C18H27IN4O2. The van der Waals surface area contributed by atoms with E-state index in [1.165, 1.54) is 5.39 Å². The average Bonchev–Trinajstić information content (AvgIpc) is 3.22. The van der Waals surface area contributed by atoms with Crippen molar-refractivity contribution in [2.75, 3.05) is 33.4 Å². The van der Waals surface area contributed by atoms with Gasteiger partial charge in [0.15, 0.2) is 5.96 Å². The molecule has 7 heteroatoms. The number of ether oxygens (including phenoxy) is 1. The molecule has 4 N–H and O–H groups in total. The Balaban J connectivity index is 0.00000225. The van der Waals surface area contributed by atoms with E-state index in [1.807, 2.05) is 12.1 Å². The monoisotopic (exact) mass is 458 g/mol. The van der Waals surface area contributed by atoms with Gasteiger partial charge in [-0.25, -0.2) is 0 Å². The van der Waals surface area contributed by atoms with Gasteiger partial charge in [0, 0.05) is 43.4 Å². The van der Waals surface area contributed by atoms with Crippen LogP contribution in [0, 0.1) is 5.41 Å². The number of benzene rings is 1. The first kappa shape index (κ1) is 20.0. The maximum absolute atomic E-state index is 9.30. The maximum atomic E-state index is 9.30. The summed E-state index contributed by atoms with van der Waals surface area (Å²) >= 11 is 0. The summed E-state index contributed by atoms with van der Waals surface area (Å²) in [6.45, 7) is 3.08. The fraction of sp³-hybridized carbons (Fsp3) is 0.500. The van der Waals surface area contributed by atoms with E-state index in [4.69, 9.17) is 4.74 Å². The largest absolute Gasteiger partial charge is 0.396 e. The first-order chi connectivity index (χ1) is 11.7. The second-order valence-corrected chi connectivity index (χ2v) is 6.44. The Morgan fingerprint density at radius 3 is 2.88 bits per heavy atom. The predicted molar refractivity (Wildman–Crippen MR) is 111 cm³/mol. The van der Waals surface area contributed by atoms with Crippen LogP contribution in [-0.2, 0) is 11.3 Å². The summed E-state index contributed by atoms with van der Waals surface area (Å²) < 4.78 is 5.53. The minimum atomic E-state index is 0. The lowest BCUT2D eigenvalue weighted by Crippen LogP contribution is -2.44. The van der Waals surface area contributed by atoms with Crippen molar-refractivity contribution in [2.45, 2.75) is 19.4 Å². The lowest BCUT2D eigenvalue weighted by Gasteiger charge is -2.27. The fourth-order valence-corrected chi connectivity index (χ4v) is 3.21. The fourth-order valence-electron chi connectivity index (χ4n) is 3.21. The highest BCUT2D eigenvalue weighted by molar-refractivity contribution is 14.0. The smallest absolute Gasteiger partial charge is 0.191 e. The van der Waals surface area contributed by atoms with Gasteiger partial charge in [-0.3, -0.25) is 4.99 Å². The summed E-state index contributed by atoms with van der Waals surface area (Å²) in [4.78, 5) is 7.69. The lowest BCUT2D eigenvalue weighted by atomic mass is 9.84. The highest BCUT2D eigenvalue weighted by Gasteiger charge is 2.34. The van der Waals surface area contributed by atoms with Gasteiger partial charge in [-0.15, -0.1) is 24.0 Å². The SMILES string of the molecule is CN=C(NCc1cc2ccccc2[nH]1)NCC1(CCO)CCOC1.I. The number of nitrogens with zero attached hydrogens (tertiary/aromatic N) is 1. The van der Waals surface area contributed by atoms with Crippen LogP contribution in [0.3, 0.4) is 0 Å². The second-order valence-electron chi connectivity index (χ2n) is 6.44. The molecule has 2 heterocycles. The van der Waals surface area contributed by atoms with Crippen LogP contribution >= 0.6 is 24.0 Å². The van der Waals surface area contributed by atoms with Crippen LogP contribution in [0.25, 0.3) is 10.9 Å². The normalized spacial score (nSPS) is 20.5. The molecule has 1 aliphatic rings. The highest BCUT2D eigenvalue weighted by Crippen LogP contribution is 2.31. The molecule has 0 amide bonds. The van der Waals surface area contributed by atoms with E-state index >= 15 is 0 Å². The molecule has 1 aromatic carbocycles. The van der Waals surface area contributed by atoms with Crippen molar-refractivity contribution in [2.24, 2.45) is 10.4 Å². The summed E-state index contributed by atoms with van der Waals surface area (Å²) in [5, 5.41) is 17.2. The number of para-hydroxylation sites is 1. The van der Waals surface area contributed by atoms with Gasteiger partial charge < -0.3 is 25.5 Å². The number of rotatable bonds is 6. The second kappa shape index (κ2) is 9.40. The Morgan fingerprint density at radius 2 is 2.20 bits per heavy atom. The molecule has 0 aliphatic carbocycles. The summed E-state index contributed by atoms with van der Waals surface area (Å²) in [6, 6.07) is 10.4. The molecule has 0 bridgehead atoms. The van der Waals surface area contributed by atoms with Gasteiger partial charge in [-0.1, -0.05) is 18.2 Å². The number of aliphatic hydroxyl groups excluding tert-OH is 1. The first-order valence-corrected chi connectivity index (χ1v) is 8.44. The standard InChI is InChI=1S/C18H26N4O2.HI/c1-19-17(21-12-18(6-8-23)7-9-24-13-18)20-11-15-10-14-4-2-3-5-16(14)22-15;/h2-5,10,22-23H,6-9,11-13H2,1H3,(H2,19,20,21);1H. The van der Waals surface area contributed by atoms with Gasteiger partial charge >= 0.3 is 0 Å². The molecule has 1 atom stereocenters. The summed E-state index contributed by atoms with van der Waals surface area (Å²) in [7, 11) is 1.77. The number of halogens is 1. The minimum Gasteiger partial charge on any atom is -0.396 e. The number of aliphatic imine (C=N–C) groups is 1. The molecule has 1 fully saturated rings. The average molecular weight is 458 g/mol. The van der Waals surface area contributed by atoms with E-state index in [1.54, 1.807) is 7.05 Å². The van der Waals surface area contributed by atoms with Gasteiger partial charge in [0.2, 0.25) is 0 Å². The quantitative estimate of drug-likeness (QED) is 0.304. The number of guanidine groups is 1. The van der Waals surface area contributed by atoms with Crippen molar-refractivity contribution in [1.29, 1.82) is 0 Å².